The molecule has 0 radical (unpaired) electrons. The van der Waals surface area contributed by atoms with Crippen LogP contribution in [0.1, 0.15) is 56.9 Å². The van der Waals surface area contributed by atoms with Crippen LogP contribution in [0.2, 0.25) is 0 Å². The van der Waals surface area contributed by atoms with Gasteiger partial charge in [0.1, 0.15) is 16.6 Å². The molecular formula is C27H25F4N5O2S2. The molecule has 3 aliphatic heterocycles. The van der Waals surface area contributed by atoms with Gasteiger partial charge in [0.15, 0.2) is 0 Å². The predicted octanol–water partition coefficient (Wildman–Crippen LogP) is 5.91. The minimum absolute atomic E-state index is 0.00894. The van der Waals surface area contributed by atoms with Gasteiger partial charge < -0.3 is 20.3 Å². The average molecular weight is 592 g/mol. The Hall–Kier alpha value is -2.74. The van der Waals surface area contributed by atoms with Crippen LogP contribution in [0.25, 0.3) is 10.6 Å². The second kappa shape index (κ2) is 9.97. The highest BCUT2D eigenvalue weighted by atomic mass is 32.2. The van der Waals surface area contributed by atoms with Gasteiger partial charge in [-0.25, -0.2) is 14.4 Å². The maximum atomic E-state index is 14.6. The van der Waals surface area contributed by atoms with E-state index >= 15 is 0 Å². The number of carbonyl (C=O) groups excluding carboxylic acids is 1. The van der Waals surface area contributed by atoms with Crippen molar-refractivity contribution in [3.05, 3.63) is 51.5 Å². The second-order valence-electron chi connectivity index (χ2n) is 10.4. The van der Waals surface area contributed by atoms with E-state index in [0.29, 0.717) is 53.1 Å². The quantitative estimate of drug-likeness (QED) is 0.358. The van der Waals surface area contributed by atoms with Crippen molar-refractivity contribution in [2.45, 2.75) is 48.6 Å². The first-order valence-corrected chi connectivity index (χ1v) is 14.9. The number of hydrogen-bond acceptors (Lipinski definition) is 8. The first-order valence-electron chi connectivity index (χ1n) is 13.1. The van der Waals surface area contributed by atoms with Crippen molar-refractivity contribution < 1.29 is 27.1 Å². The lowest BCUT2D eigenvalue weighted by Crippen LogP contribution is -2.52. The van der Waals surface area contributed by atoms with Crippen molar-refractivity contribution in [2.24, 2.45) is 0 Å². The van der Waals surface area contributed by atoms with E-state index in [1.807, 2.05) is 12.1 Å². The van der Waals surface area contributed by atoms with Gasteiger partial charge in [-0.2, -0.15) is 13.2 Å². The van der Waals surface area contributed by atoms with Crippen LogP contribution in [0.4, 0.5) is 29.2 Å². The summed E-state index contributed by atoms with van der Waals surface area (Å²) in [7, 11) is 0. The van der Waals surface area contributed by atoms with Gasteiger partial charge in [-0.1, -0.05) is 6.07 Å². The molecule has 5 heterocycles. The summed E-state index contributed by atoms with van der Waals surface area (Å²) < 4.78 is 62.2. The Bertz CT molecular complexity index is 1490. The Morgan fingerprint density at radius 2 is 1.98 bits per heavy atom. The van der Waals surface area contributed by atoms with Crippen molar-refractivity contribution in [1.82, 2.24) is 20.2 Å². The third-order valence-electron chi connectivity index (χ3n) is 7.68. The van der Waals surface area contributed by atoms with Gasteiger partial charge in [-0.3, -0.25) is 4.79 Å². The topological polar surface area (TPSA) is 79.4 Å². The van der Waals surface area contributed by atoms with Crippen LogP contribution in [0.3, 0.4) is 0 Å². The molecule has 1 saturated carbocycles. The first kappa shape index (κ1) is 26.2. The molecule has 1 unspecified atom stereocenters. The Labute approximate surface area is 235 Å². The first-order chi connectivity index (χ1) is 19.3. The van der Waals surface area contributed by atoms with Gasteiger partial charge in [0.25, 0.3) is 5.91 Å². The molecule has 1 amide bonds. The molecule has 0 bridgehead atoms. The number of hydrogen-bond donors (Lipinski definition) is 2. The molecule has 4 aliphatic rings. The summed E-state index contributed by atoms with van der Waals surface area (Å²) in [5.41, 5.74) is 1.83. The van der Waals surface area contributed by atoms with Gasteiger partial charge in [0.05, 0.1) is 29.8 Å². The molecule has 1 saturated heterocycles. The van der Waals surface area contributed by atoms with Crippen molar-refractivity contribution in [1.29, 1.82) is 0 Å². The fraction of sp³-hybridized carbons (Fsp3) is 0.444. The number of alkyl halides is 4. The molecule has 3 aromatic rings. The smallest absolute Gasteiger partial charge is 0.377 e. The number of ether oxygens (including phenoxy) is 1. The summed E-state index contributed by atoms with van der Waals surface area (Å²) in [5.74, 6) is 0.740. The van der Waals surface area contributed by atoms with E-state index in [-0.39, 0.29) is 40.9 Å². The lowest BCUT2D eigenvalue weighted by atomic mass is 9.94. The maximum absolute atomic E-state index is 14.6. The van der Waals surface area contributed by atoms with Crippen LogP contribution in [-0.2, 0) is 17.5 Å². The highest BCUT2D eigenvalue weighted by molar-refractivity contribution is 7.99. The van der Waals surface area contributed by atoms with Crippen LogP contribution in [0.5, 0.6) is 0 Å². The largest absolute Gasteiger partial charge is 0.420 e. The molecule has 2 N–H and O–H groups in total. The third-order valence-corrected chi connectivity index (χ3v) is 9.96. The zero-order valence-corrected chi connectivity index (χ0v) is 22.8. The van der Waals surface area contributed by atoms with E-state index in [1.165, 1.54) is 11.8 Å². The number of anilines is 2. The molecule has 7 rings (SSSR count). The number of nitrogens with one attached hydrogen (secondary N) is 2. The fourth-order valence-corrected chi connectivity index (χ4v) is 7.67. The second-order valence-corrected chi connectivity index (χ2v) is 12.6. The number of amides is 1. The van der Waals surface area contributed by atoms with Crippen molar-refractivity contribution >= 4 is 40.6 Å². The van der Waals surface area contributed by atoms with Crippen LogP contribution < -0.4 is 10.6 Å². The summed E-state index contributed by atoms with van der Waals surface area (Å²) in [6, 6.07) is 5.35. The van der Waals surface area contributed by atoms with Crippen molar-refractivity contribution in [3.63, 3.8) is 0 Å². The number of benzene rings is 1. The Balaban J connectivity index is 1.26. The zero-order chi connectivity index (χ0) is 27.6. The molecular weight excluding hydrogens is 566 g/mol. The number of rotatable bonds is 5. The summed E-state index contributed by atoms with van der Waals surface area (Å²) >= 11 is 2.49. The number of thiophene rings is 1. The van der Waals surface area contributed by atoms with Crippen LogP contribution in [0, 0.1) is 0 Å². The van der Waals surface area contributed by atoms with Crippen LogP contribution in [0.15, 0.2) is 29.3 Å². The molecule has 13 heteroatoms. The summed E-state index contributed by atoms with van der Waals surface area (Å²) in [6.45, 7) is 2.26. The minimum Gasteiger partial charge on any atom is -0.377 e. The monoisotopic (exact) mass is 591 g/mol. The summed E-state index contributed by atoms with van der Waals surface area (Å²) in [4.78, 5) is 24.8. The van der Waals surface area contributed by atoms with E-state index in [1.54, 1.807) is 11.0 Å². The number of halogens is 4. The summed E-state index contributed by atoms with van der Waals surface area (Å²) in [6.07, 6.45) is -3.06. The molecule has 2 aromatic heterocycles. The molecule has 1 aliphatic carbocycles. The van der Waals surface area contributed by atoms with Crippen LogP contribution in [-0.4, -0.2) is 58.9 Å². The number of fused-ring (bicyclic) bond motifs is 2. The third kappa shape index (κ3) is 4.76. The average Bonchev–Trinajstić information content (AvgIpc) is 3.66. The standard InChI is InChI=1S/C27H25F4N5O2S2/c28-19-10-32-8-14-5-20(17(6-16(14)19)13-1-2-13)34-26-33-9-18(27(29,30)31)23(35-26)21-7-22-24(40-21)25(37)36(3-4-39-22)15-11-38-12-15/h5-7,9,13,15,19,32H,1-4,8,10-12H2,(H,33,34,35). The number of thioether (sulfide) groups is 1. The van der Waals surface area contributed by atoms with E-state index in [4.69, 9.17) is 4.74 Å². The van der Waals surface area contributed by atoms with E-state index in [9.17, 15) is 22.4 Å². The normalized spacial score (nSPS) is 21.4. The fourth-order valence-electron chi connectivity index (χ4n) is 5.35. The van der Waals surface area contributed by atoms with E-state index < -0.39 is 17.9 Å². The van der Waals surface area contributed by atoms with Crippen molar-refractivity contribution in [2.75, 3.05) is 37.4 Å². The number of carbonyl (C=O) groups is 1. The molecule has 1 atom stereocenters. The van der Waals surface area contributed by atoms with Crippen molar-refractivity contribution in [3.8, 4) is 10.6 Å². The SMILES string of the molecule is O=C1c2sc(-c3nc(Nc4cc5c(cc4C4CC4)C(F)CNC5)ncc3C(F)(F)F)cc2SCCN1C1COC1. The molecule has 2 fully saturated rings. The molecule has 7 nitrogen and oxygen atoms in total. The van der Waals surface area contributed by atoms with E-state index in [0.717, 1.165) is 41.5 Å². The molecule has 40 heavy (non-hydrogen) atoms. The van der Waals surface area contributed by atoms with Gasteiger partial charge in [-0.05, 0) is 47.6 Å². The van der Waals surface area contributed by atoms with E-state index in [2.05, 4.69) is 20.6 Å². The molecule has 210 valence electrons. The minimum atomic E-state index is -4.69. The Morgan fingerprint density at radius 1 is 1.15 bits per heavy atom. The highest BCUT2D eigenvalue weighted by Crippen LogP contribution is 2.47. The lowest BCUT2D eigenvalue weighted by molar-refractivity contribution is -0.137. The van der Waals surface area contributed by atoms with Gasteiger partial charge in [-0.15, -0.1) is 23.1 Å². The zero-order valence-electron chi connectivity index (χ0n) is 21.2. The molecule has 0 spiro atoms. The lowest BCUT2D eigenvalue weighted by Gasteiger charge is -2.36. The maximum Gasteiger partial charge on any atom is 0.420 e. The van der Waals surface area contributed by atoms with Gasteiger partial charge in [0, 0.05) is 42.2 Å². The Morgan fingerprint density at radius 3 is 2.70 bits per heavy atom. The van der Waals surface area contributed by atoms with Crippen LogP contribution >= 0.6 is 23.1 Å². The number of aromatic nitrogens is 2. The Kier molecular flexibility index (Phi) is 6.52. The molecule has 1 aromatic carbocycles. The van der Waals surface area contributed by atoms with Gasteiger partial charge in [0.2, 0.25) is 5.95 Å². The van der Waals surface area contributed by atoms with Gasteiger partial charge >= 0.3 is 6.18 Å². The predicted molar refractivity (Wildman–Crippen MR) is 144 cm³/mol. The summed E-state index contributed by atoms with van der Waals surface area (Å²) in [5, 5.41) is 6.19. The number of nitrogens with zero attached hydrogens (tertiary/aromatic N) is 3. The highest BCUT2D eigenvalue weighted by Gasteiger charge is 2.38.